The third kappa shape index (κ3) is 6.20. The summed E-state index contributed by atoms with van der Waals surface area (Å²) in [5.41, 5.74) is 1.32. The molecule has 0 aliphatic carbocycles. The van der Waals surface area contributed by atoms with E-state index in [9.17, 15) is 4.79 Å². The molecule has 1 amide bonds. The molecule has 38 heavy (non-hydrogen) atoms. The maximum Gasteiger partial charge on any atom is 0.264 e. The maximum absolute atomic E-state index is 14.3. The zero-order valence-electron chi connectivity index (χ0n) is 22.5. The first-order valence-electron chi connectivity index (χ1n) is 13.5. The Labute approximate surface area is 237 Å². The lowest BCUT2D eigenvalue weighted by molar-refractivity contribution is -0.129. The van der Waals surface area contributed by atoms with Crippen LogP contribution in [0.1, 0.15) is 25.3 Å². The van der Waals surface area contributed by atoms with E-state index in [2.05, 4.69) is 141 Å². The summed E-state index contributed by atoms with van der Waals surface area (Å²) >= 11 is 2.94. The van der Waals surface area contributed by atoms with Gasteiger partial charge < -0.3 is 4.90 Å². The second-order valence-corrected chi connectivity index (χ2v) is 13.3. The number of amides is 1. The van der Waals surface area contributed by atoms with Gasteiger partial charge in [-0.15, -0.1) is 0 Å². The van der Waals surface area contributed by atoms with Crippen molar-refractivity contribution in [3.63, 3.8) is 0 Å². The monoisotopic (exact) mass is 589 g/mol. The second-order valence-electron chi connectivity index (χ2n) is 9.81. The van der Waals surface area contributed by atoms with E-state index in [4.69, 9.17) is 0 Å². The van der Waals surface area contributed by atoms with Gasteiger partial charge in [-0.3, -0.25) is 9.69 Å². The molecule has 2 fully saturated rings. The highest BCUT2D eigenvalue weighted by Crippen LogP contribution is 2.65. The fourth-order valence-corrected chi connectivity index (χ4v) is 10.2. The van der Waals surface area contributed by atoms with Gasteiger partial charge in [0.05, 0.1) is 5.82 Å². The van der Waals surface area contributed by atoms with Gasteiger partial charge in [-0.2, -0.15) is 0 Å². The SMILES string of the molecule is C/C=C\C=C/[P+](c1ccccc1)(c1ccccc1)C1CCN(C2CCN(Cc3ccccc3)C2)C1=O.CBr. The Morgan fingerprint density at radius 2 is 1.39 bits per heavy atom. The van der Waals surface area contributed by atoms with E-state index in [1.54, 1.807) is 0 Å². The van der Waals surface area contributed by atoms with Crippen molar-refractivity contribution in [2.75, 3.05) is 25.5 Å². The number of hydrogen-bond acceptors (Lipinski definition) is 2. The van der Waals surface area contributed by atoms with Gasteiger partial charge in [-0.25, -0.2) is 0 Å². The van der Waals surface area contributed by atoms with Gasteiger partial charge in [0.1, 0.15) is 17.9 Å². The van der Waals surface area contributed by atoms with Gasteiger partial charge in [0.25, 0.3) is 5.91 Å². The van der Waals surface area contributed by atoms with Crippen LogP contribution in [0.2, 0.25) is 0 Å². The van der Waals surface area contributed by atoms with Crippen LogP contribution in [0.3, 0.4) is 0 Å². The van der Waals surface area contributed by atoms with Crippen LogP contribution >= 0.6 is 23.2 Å². The largest absolute Gasteiger partial charge is 0.335 e. The molecule has 3 nitrogen and oxygen atoms in total. The van der Waals surface area contributed by atoms with Crippen molar-refractivity contribution in [2.45, 2.75) is 38.0 Å². The van der Waals surface area contributed by atoms with Crippen molar-refractivity contribution < 1.29 is 4.79 Å². The maximum atomic E-state index is 14.3. The topological polar surface area (TPSA) is 23.6 Å². The molecule has 2 atom stereocenters. The molecule has 3 aromatic carbocycles. The number of likely N-dealkylation sites (tertiary alicyclic amines) is 2. The number of halogens is 1. The predicted octanol–water partition coefficient (Wildman–Crippen LogP) is 6.63. The second kappa shape index (κ2) is 14.0. The van der Waals surface area contributed by atoms with Crippen LogP contribution in [0.4, 0.5) is 0 Å². The fraction of sp³-hybridized carbons (Fsp3) is 0.303. The molecule has 0 spiro atoms. The highest BCUT2D eigenvalue weighted by molar-refractivity contribution is 9.08. The predicted molar refractivity (Wildman–Crippen MR) is 168 cm³/mol. The van der Waals surface area contributed by atoms with Crippen LogP contribution in [0, 0.1) is 0 Å². The molecule has 5 rings (SSSR count). The molecular formula is C33H39BrN2OP+. The third-order valence-corrected chi connectivity index (χ3v) is 12.0. The van der Waals surface area contributed by atoms with Gasteiger partial charge >= 0.3 is 0 Å². The standard InChI is InChI=1S/C32H36N2OP.CH3Br/c1-2-3-13-24-36(29-16-9-5-10-17-29,30-18-11-6-12-19-30)31-21-23-34(32(31)35)28-20-22-33(26-28)25-27-14-7-4-8-15-27;1-2/h2-19,24,28,31H,20-23,25-26H2,1H3;1H3/q+1;/b3-2-,24-13-;. The summed E-state index contributed by atoms with van der Waals surface area (Å²) in [6.45, 7) is 5.86. The quantitative estimate of drug-likeness (QED) is 0.167. The Hall–Kier alpha value is -2.52. The van der Waals surface area contributed by atoms with Gasteiger partial charge in [0.2, 0.25) is 0 Å². The Morgan fingerprint density at radius 1 is 0.816 bits per heavy atom. The van der Waals surface area contributed by atoms with Crippen molar-refractivity contribution in [2.24, 2.45) is 0 Å². The Balaban J connectivity index is 0.00000164. The minimum atomic E-state index is -2.12. The summed E-state index contributed by atoms with van der Waals surface area (Å²) in [4.78, 5) is 19.0. The van der Waals surface area contributed by atoms with Gasteiger partial charge in [0, 0.05) is 38.6 Å². The summed E-state index contributed by atoms with van der Waals surface area (Å²) in [6.07, 6.45) is 8.29. The van der Waals surface area contributed by atoms with E-state index >= 15 is 0 Å². The highest BCUT2D eigenvalue weighted by atomic mass is 79.9. The molecule has 5 heteroatoms. The number of benzene rings is 3. The molecule has 2 unspecified atom stereocenters. The van der Waals surface area contributed by atoms with Crippen molar-refractivity contribution >= 4 is 39.7 Å². The van der Waals surface area contributed by atoms with Gasteiger partial charge in [-0.05, 0) is 55.1 Å². The number of alkyl halides is 1. The number of allylic oxidation sites excluding steroid dienone is 3. The summed E-state index contributed by atoms with van der Waals surface area (Å²) in [6, 6.07) is 32.5. The molecule has 2 saturated heterocycles. The molecule has 3 aromatic rings. The first-order valence-corrected chi connectivity index (χ1v) is 17.0. The van der Waals surface area contributed by atoms with Crippen LogP contribution < -0.4 is 10.6 Å². The number of carbonyl (C=O) groups is 1. The molecule has 2 aliphatic rings. The molecule has 2 heterocycles. The van der Waals surface area contributed by atoms with Crippen molar-refractivity contribution in [3.8, 4) is 0 Å². The fourth-order valence-electron chi connectivity index (χ4n) is 5.91. The number of carbonyl (C=O) groups excluding carboxylic acids is 1. The lowest BCUT2D eigenvalue weighted by Gasteiger charge is -2.30. The van der Waals surface area contributed by atoms with E-state index in [1.165, 1.54) is 16.2 Å². The zero-order valence-corrected chi connectivity index (χ0v) is 25.0. The van der Waals surface area contributed by atoms with Gasteiger partial charge in [0.15, 0.2) is 5.66 Å². The zero-order chi connectivity index (χ0) is 26.8. The number of hydrogen-bond donors (Lipinski definition) is 0. The van der Waals surface area contributed by atoms with Crippen molar-refractivity contribution in [1.29, 1.82) is 0 Å². The molecule has 0 saturated carbocycles. The van der Waals surface area contributed by atoms with Crippen LogP contribution in [-0.2, 0) is 11.3 Å². The van der Waals surface area contributed by atoms with Crippen molar-refractivity contribution in [1.82, 2.24) is 9.80 Å². The van der Waals surface area contributed by atoms with E-state index in [1.807, 2.05) is 12.8 Å². The summed E-state index contributed by atoms with van der Waals surface area (Å²) in [5, 5.41) is 2.57. The van der Waals surface area contributed by atoms with Gasteiger partial charge in [-0.1, -0.05) is 94.8 Å². The van der Waals surface area contributed by atoms with Crippen LogP contribution in [0.15, 0.2) is 115 Å². The average molecular weight is 591 g/mol. The minimum absolute atomic E-state index is 0.0213. The average Bonchev–Trinajstić information content (AvgIpc) is 3.60. The summed E-state index contributed by atoms with van der Waals surface area (Å²) in [5.74, 6) is 4.53. The molecular weight excluding hydrogens is 551 g/mol. The smallest absolute Gasteiger partial charge is 0.264 e. The number of nitrogens with zero attached hydrogens (tertiary/aromatic N) is 2. The van der Waals surface area contributed by atoms with E-state index in [-0.39, 0.29) is 5.66 Å². The Morgan fingerprint density at radius 3 is 1.97 bits per heavy atom. The first kappa shape index (κ1) is 28.5. The van der Waals surface area contributed by atoms with Crippen LogP contribution in [0.5, 0.6) is 0 Å². The molecule has 198 valence electrons. The van der Waals surface area contributed by atoms with Crippen LogP contribution in [-0.4, -0.2) is 52.9 Å². The molecule has 0 bridgehead atoms. The summed E-state index contributed by atoms with van der Waals surface area (Å²) in [7, 11) is -2.12. The minimum Gasteiger partial charge on any atom is -0.335 e. The Kier molecular flexibility index (Phi) is 10.5. The lowest BCUT2D eigenvalue weighted by Crippen LogP contribution is -2.42. The van der Waals surface area contributed by atoms with Crippen LogP contribution in [0.25, 0.3) is 0 Å². The third-order valence-electron chi connectivity index (χ3n) is 7.63. The van der Waals surface area contributed by atoms with E-state index < -0.39 is 7.26 Å². The molecule has 0 aromatic heterocycles. The molecule has 0 radical (unpaired) electrons. The summed E-state index contributed by atoms with van der Waals surface area (Å²) < 4.78 is 0. The first-order chi connectivity index (χ1) is 18.7. The van der Waals surface area contributed by atoms with E-state index in [0.29, 0.717) is 11.9 Å². The molecule has 0 N–H and O–H groups in total. The van der Waals surface area contributed by atoms with Crippen molar-refractivity contribution in [3.05, 3.63) is 121 Å². The lowest BCUT2D eigenvalue weighted by atomic mass is 10.2. The van der Waals surface area contributed by atoms with E-state index in [0.717, 1.165) is 39.0 Å². The highest BCUT2D eigenvalue weighted by Gasteiger charge is 2.56. The molecule has 2 aliphatic heterocycles. The number of rotatable bonds is 8. The normalized spacial score (nSPS) is 20.3. The Bertz CT molecular complexity index is 1160.